The first-order valence-corrected chi connectivity index (χ1v) is 8.48. The van der Waals surface area contributed by atoms with Crippen LogP contribution in [0.5, 0.6) is 17.2 Å². The standard InChI is InChI=1S/C19H16F3NO6/c20-19(21,22)29-14-4-2-13(3-5-14)23-17(24)11-28-18(25)10-12-1-6-15-16(9-12)27-8-7-26-15/h1-6,9H,7-8,10-11H2,(H,23,24). The molecule has 0 spiro atoms. The zero-order valence-electron chi connectivity index (χ0n) is 15.0. The van der Waals surface area contributed by atoms with Gasteiger partial charge in [-0.1, -0.05) is 6.07 Å². The summed E-state index contributed by atoms with van der Waals surface area (Å²) in [5.41, 5.74) is 0.868. The Hall–Kier alpha value is -3.43. The Morgan fingerprint density at radius 2 is 1.69 bits per heavy atom. The summed E-state index contributed by atoms with van der Waals surface area (Å²) in [5.74, 6) is -0.534. The van der Waals surface area contributed by atoms with Gasteiger partial charge in [-0.15, -0.1) is 13.2 Å². The predicted molar refractivity (Wildman–Crippen MR) is 93.8 cm³/mol. The molecule has 0 radical (unpaired) electrons. The second kappa shape index (κ2) is 8.72. The lowest BCUT2D eigenvalue weighted by molar-refractivity contribution is -0.274. The van der Waals surface area contributed by atoms with Crippen LogP contribution in [0.25, 0.3) is 0 Å². The normalized spacial score (nSPS) is 12.8. The van der Waals surface area contributed by atoms with Crippen LogP contribution in [0.2, 0.25) is 0 Å². The van der Waals surface area contributed by atoms with Gasteiger partial charge in [-0.05, 0) is 42.0 Å². The van der Waals surface area contributed by atoms with E-state index in [1.165, 1.54) is 12.1 Å². The first-order chi connectivity index (χ1) is 13.8. The lowest BCUT2D eigenvalue weighted by Crippen LogP contribution is -2.22. The van der Waals surface area contributed by atoms with Crippen molar-refractivity contribution in [3.63, 3.8) is 0 Å². The number of hydrogen-bond donors (Lipinski definition) is 1. The van der Waals surface area contributed by atoms with Crippen molar-refractivity contribution >= 4 is 17.6 Å². The fourth-order valence-corrected chi connectivity index (χ4v) is 2.50. The Kier molecular flexibility index (Phi) is 6.10. The number of fused-ring (bicyclic) bond motifs is 1. The number of rotatable bonds is 6. The molecule has 0 atom stereocenters. The molecule has 2 aromatic carbocycles. The van der Waals surface area contributed by atoms with E-state index >= 15 is 0 Å². The third-order valence-electron chi connectivity index (χ3n) is 3.69. The van der Waals surface area contributed by atoms with Crippen LogP contribution in [0.1, 0.15) is 5.56 Å². The molecule has 7 nitrogen and oxygen atoms in total. The molecule has 154 valence electrons. The van der Waals surface area contributed by atoms with E-state index in [9.17, 15) is 22.8 Å². The van der Waals surface area contributed by atoms with E-state index in [0.717, 1.165) is 12.1 Å². The summed E-state index contributed by atoms with van der Waals surface area (Å²) in [6, 6.07) is 9.62. The Morgan fingerprint density at radius 1 is 1.00 bits per heavy atom. The number of benzene rings is 2. The zero-order valence-corrected chi connectivity index (χ0v) is 15.0. The molecule has 29 heavy (non-hydrogen) atoms. The summed E-state index contributed by atoms with van der Waals surface area (Å²) < 4.78 is 55.8. The molecular weight excluding hydrogens is 395 g/mol. The molecule has 0 fully saturated rings. The van der Waals surface area contributed by atoms with Crippen LogP contribution in [0, 0.1) is 0 Å². The minimum absolute atomic E-state index is 0.0621. The van der Waals surface area contributed by atoms with Crippen molar-refractivity contribution in [3.8, 4) is 17.2 Å². The summed E-state index contributed by atoms with van der Waals surface area (Å²) in [5, 5.41) is 2.40. The summed E-state index contributed by atoms with van der Waals surface area (Å²) in [6.45, 7) is 0.343. The maximum atomic E-state index is 12.1. The van der Waals surface area contributed by atoms with E-state index in [4.69, 9.17) is 14.2 Å². The molecule has 3 rings (SSSR count). The van der Waals surface area contributed by atoms with Crippen LogP contribution < -0.4 is 19.5 Å². The van der Waals surface area contributed by atoms with Crippen LogP contribution in [0.15, 0.2) is 42.5 Å². The van der Waals surface area contributed by atoms with Gasteiger partial charge in [0.05, 0.1) is 6.42 Å². The number of amides is 1. The Balaban J connectivity index is 1.45. The van der Waals surface area contributed by atoms with Crippen molar-refractivity contribution in [2.75, 3.05) is 25.1 Å². The first kappa shape index (κ1) is 20.3. The fourth-order valence-electron chi connectivity index (χ4n) is 2.50. The third-order valence-corrected chi connectivity index (χ3v) is 3.69. The SMILES string of the molecule is O=C(COC(=O)Cc1ccc2c(c1)OCCO2)Nc1ccc(OC(F)(F)F)cc1. The van der Waals surface area contributed by atoms with E-state index in [2.05, 4.69) is 10.1 Å². The number of anilines is 1. The fraction of sp³-hybridized carbons (Fsp3) is 0.263. The minimum atomic E-state index is -4.80. The summed E-state index contributed by atoms with van der Waals surface area (Å²) in [7, 11) is 0. The van der Waals surface area contributed by atoms with Crippen LogP contribution in [0.3, 0.4) is 0 Å². The molecule has 2 aromatic rings. The van der Waals surface area contributed by atoms with Crippen molar-refractivity contribution < 1.29 is 41.7 Å². The molecule has 0 saturated heterocycles. The third kappa shape index (κ3) is 6.30. The van der Waals surface area contributed by atoms with Crippen molar-refractivity contribution in [1.29, 1.82) is 0 Å². The molecule has 1 heterocycles. The second-order valence-electron chi connectivity index (χ2n) is 5.94. The summed E-state index contributed by atoms with van der Waals surface area (Å²) in [4.78, 5) is 23.8. The van der Waals surface area contributed by atoms with Gasteiger partial charge in [0.15, 0.2) is 18.1 Å². The highest BCUT2D eigenvalue weighted by molar-refractivity contribution is 5.92. The number of halogens is 3. The van der Waals surface area contributed by atoms with Gasteiger partial charge >= 0.3 is 12.3 Å². The van der Waals surface area contributed by atoms with Gasteiger partial charge in [-0.3, -0.25) is 9.59 Å². The van der Waals surface area contributed by atoms with E-state index < -0.39 is 30.6 Å². The Morgan fingerprint density at radius 3 is 2.38 bits per heavy atom. The van der Waals surface area contributed by atoms with Gasteiger partial charge < -0.3 is 24.3 Å². The average molecular weight is 411 g/mol. The molecule has 1 aliphatic heterocycles. The van der Waals surface area contributed by atoms with Crippen LogP contribution in [-0.2, 0) is 20.7 Å². The monoisotopic (exact) mass is 411 g/mol. The lowest BCUT2D eigenvalue weighted by Gasteiger charge is -2.18. The van der Waals surface area contributed by atoms with Crippen molar-refractivity contribution in [3.05, 3.63) is 48.0 Å². The minimum Gasteiger partial charge on any atom is -0.486 e. The summed E-state index contributed by atoms with van der Waals surface area (Å²) >= 11 is 0. The number of hydrogen-bond acceptors (Lipinski definition) is 6. The molecule has 1 aliphatic rings. The molecule has 0 saturated carbocycles. The largest absolute Gasteiger partial charge is 0.573 e. The quantitative estimate of drug-likeness (QED) is 0.736. The number of esters is 1. The average Bonchev–Trinajstić information content (AvgIpc) is 2.67. The molecule has 1 amide bonds. The van der Waals surface area contributed by atoms with Gasteiger partial charge in [0.1, 0.15) is 19.0 Å². The Bertz CT molecular complexity index is 883. The molecule has 0 bridgehead atoms. The van der Waals surface area contributed by atoms with Crippen LogP contribution in [0.4, 0.5) is 18.9 Å². The molecule has 1 N–H and O–H groups in total. The summed E-state index contributed by atoms with van der Waals surface area (Å²) in [6.07, 6.45) is -4.86. The van der Waals surface area contributed by atoms with Crippen molar-refractivity contribution in [2.45, 2.75) is 12.8 Å². The molecular formula is C19H16F3NO6. The van der Waals surface area contributed by atoms with E-state index in [1.54, 1.807) is 18.2 Å². The van der Waals surface area contributed by atoms with Gasteiger partial charge in [-0.25, -0.2) is 0 Å². The second-order valence-corrected chi connectivity index (χ2v) is 5.94. The van der Waals surface area contributed by atoms with Crippen molar-refractivity contribution in [1.82, 2.24) is 0 Å². The van der Waals surface area contributed by atoms with Gasteiger partial charge in [-0.2, -0.15) is 0 Å². The maximum absolute atomic E-state index is 12.1. The van der Waals surface area contributed by atoms with E-state index in [-0.39, 0.29) is 12.1 Å². The highest BCUT2D eigenvalue weighted by atomic mass is 19.4. The number of alkyl halides is 3. The van der Waals surface area contributed by atoms with Gasteiger partial charge in [0.25, 0.3) is 5.91 Å². The van der Waals surface area contributed by atoms with Gasteiger partial charge in [0, 0.05) is 5.69 Å². The molecule has 0 aliphatic carbocycles. The number of carbonyl (C=O) groups is 2. The molecule has 10 heteroatoms. The van der Waals surface area contributed by atoms with Crippen LogP contribution in [-0.4, -0.2) is 38.1 Å². The van der Waals surface area contributed by atoms with E-state index in [0.29, 0.717) is 30.3 Å². The highest BCUT2D eigenvalue weighted by Crippen LogP contribution is 2.31. The number of ether oxygens (including phenoxy) is 4. The van der Waals surface area contributed by atoms with E-state index in [1.807, 2.05) is 0 Å². The van der Waals surface area contributed by atoms with Crippen LogP contribution >= 0.6 is 0 Å². The first-order valence-electron chi connectivity index (χ1n) is 8.48. The zero-order chi connectivity index (χ0) is 20.9. The highest BCUT2D eigenvalue weighted by Gasteiger charge is 2.31. The topological polar surface area (TPSA) is 83.1 Å². The van der Waals surface area contributed by atoms with Crippen molar-refractivity contribution in [2.24, 2.45) is 0 Å². The number of carbonyl (C=O) groups excluding carboxylic acids is 2. The number of nitrogens with one attached hydrogen (secondary N) is 1. The predicted octanol–water partition coefficient (Wildman–Crippen LogP) is 3.08. The molecule has 0 unspecified atom stereocenters. The van der Waals surface area contributed by atoms with Gasteiger partial charge in [0.2, 0.25) is 0 Å². The maximum Gasteiger partial charge on any atom is 0.573 e. The Labute approximate surface area is 163 Å². The smallest absolute Gasteiger partial charge is 0.486 e. The lowest BCUT2D eigenvalue weighted by atomic mass is 10.1. The molecule has 0 aromatic heterocycles.